The fourth-order valence-electron chi connectivity index (χ4n) is 3.86. The Kier molecular flexibility index (Phi) is 7.77. The van der Waals surface area contributed by atoms with E-state index in [9.17, 15) is 14.0 Å². The Morgan fingerprint density at radius 2 is 1.53 bits per heavy atom. The molecule has 0 radical (unpaired) electrons. The number of nitrogens with one attached hydrogen (secondary N) is 2. The number of amides is 2. The van der Waals surface area contributed by atoms with Crippen molar-refractivity contribution in [3.05, 3.63) is 71.5 Å². The van der Waals surface area contributed by atoms with Gasteiger partial charge in [-0.1, -0.05) is 51.1 Å². The Morgan fingerprint density at radius 1 is 0.933 bits per heavy atom. The third-order valence-corrected chi connectivity index (χ3v) is 4.73. The summed E-state index contributed by atoms with van der Waals surface area (Å²) in [6.07, 6.45) is 1.92. The molecule has 0 saturated carbocycles. The maximum atomic E-state index is 13.2. The van der Waals surface area contributed by atoms with Gasteiger partial charge in [-0.3, -0.25) is 9.59 Å². The van der Waals surface area contributed by atoms with Crippen LogP contribution in [-0.2, 0) is 11.2 Å². The second-order valence-corrected chi connectivity index (χ2v) is 9.67. The topological polar surface area (TPSA) is 58.2 Å². The van der Waals surface area contributed by atoms with E-state index >= 15 is 0 Å². The summed E-state index contributed by atoms with van der Waals surface area (Å²) in [7, 11) is 0. The normalized spacial score (nSPS) is 12.9. The van der Waals surface area contributed by atoms with Gasteiger partial charge >= 0.3 is 0 Å². The average molecular weight is 413 g/mol. The van der Waals surface area contributed by atoms with Gasteiger partial charge in [0.25, 0.3) is 5.91 Å². The number of benzene rings is 2. The molecule has 0 aliphatic heterocycles. The standard InChI is InChI=1S/C25H33FN2O2/c1-24(2,3)17-25(4,5)28-23(30)21(16-11-18-9-7-6-8-10-18)27-22(29)19-12-14-20(26)15-13-19/h6-10,12-15,21H,11,16-17H2,1-5H3,(H,27,29)(H,28,30). The minimum Gasteiger partial charge on any atom is -0.349 e. The lowest BCUT2D eigenvalue weighted by atomic mass is 9.81. The van der Waals surface area contributed by atoms with Crippen molar-refractivity contribution in [2.45, 2.75) is 65.5 Å². The van der Waals surface area contributed by atoms with Crippen molar-refractivity contribution < 1.29 is 14.0 Å². The predicted octanol–water partition coefficient (Wildman–Crippen LogP) is 4.89. The summed E-state index contributed by atoms with van der Waals surface area (Å²) < 4.78 is 13.2. The van der Waals surface area contributed by atoms with Gasteiger partial charge in [0, 0.05) is 11.1 Å². The van der Waals surface area contributed by atoms with Crippen LogP contribution in [0.1, 0.15) is 63.4 Å². The lowest BCUT2D eigenvalue weighted by Crippen LogP contribution is -2.54. The molecule has 0 aliphatic carbocycles. The molecule has 30 heavy (non-hydrogen) atoms. The van der Waals surface area contributed by atoms with Gasteiger partial charge in [0.15, 0.2) is 0 Å². The predicted molar refractivity (Wildman–Crippen MR) is 119 cm³/mol. The quantitative estimate of drug-likeness (QED) is 0.649. The van der Waals surface area contributed by atoms with Crippen molar-refractivity contribution >= 4 is 11.8 Å². The Bertz CT molecular complexity index is 840. The maximum absolute atomic E-state index is 13.2. The van der Waals surface area contributed by atoms with E-state index in [4.69, 9.17) is 0 Å². The van der Waals surface area contributed by atoms with Crippen LogP contribution in [0.25, 0.3) is 0 Å². The molecular weight excluding hydrogens is 379 g/mol. The van der Waals surface area contributed by atoms with Crippen LogP contribution >= 0.6 is 0 Å². The third-order valence-electron chi connectivity index (χ3n) is 4.73. The highest BCUT2D eigenvalue weighted by atomic mass is 19.1. The van der Waals surface area contributed by atoms with E-state index in [0.29, 0.717) is 18.4 Å². The number of hydrogen-bond donors (Lipinski definition) is 2. The van der Waals surface area contributed by atoms with E-state index in [1.165, 1.54) is 24.3 Å². The van der Waals surface area contributed by atoms with Crippen molar-refractivity contribution in [1.82, 2.24) is 10.6 Å². The molecule has 0 fully saturated rings. The van der Waals surface area contributed by atoms with Crippen molar-refractivity contribution in [2.24, 2.45) is 5.41 Å². The first kappa shape index (κ1) is 23.6. The monoisotopic (exact) mass is 412 g/mol. The summed E-state index contributed by atoms with van der Waals surface area (Å²) in [6.45, 7) is 10.4. The molecule has 0 aromatic heterocycles. The van der Waals surface area contributed by atoms with Gasteiger partial charge in [-0.2, -0.15) is 0 Å². The fourth-order valence-corrected chi connectivity index (χ4v) is 3.86. The molecule has 5 heteroatoms. The fraction of sp³-hybridized carbons (Fsp3) is 0.440. The van der Waals surface area contributed by atoms with Crippen LogP contribution in [0.4, 0.5) is 4.39 Å². The molecular formula is C25H33FN2O2. The number of aryl methyl sites for hydroxylation is 1. The molecule has 1 unspecified atom stereocenters. The maximum Gasteiger partial charge on any atom is 0.251 e. The van der Waals surface area contributed by atoms with E-state index < -0.39 is 23.3 Å². The van der Waals surface area contributed by atoms with E-state index in [0.717, 1.165) is 12.0 Å². The smallest absolute Gasteiger partial charge is 0.251 e. The summed E-state index contributed by atoms with van der Waals surface area (Å²) in [5, 5.41) is 5.94. The van der Waals surface area contributed by atoms with Crippen molar-refractivity contribution in [1.29, 1.82) is 0 Å². The second kappa shape index (κ2) is 9.88. The highest BCUT2D eigenvalue weighted by Gasteiger charge is 2.30. The minimum atomic E-state index is -0.693. The first-order valence-electron chi connectivity index (χ1n) is 10.4. The minimum absolute atomic E-state index is 0.0493. The number of rotatable bonds is 8. The first-order chi connectivity index (χ1) is 14.0. The van der Waals surface area contributed by atoms with E-state index in [2.05, 4.69) is 31.4 Å². The Labute approximate surface area is 179 Å². The van der Waals surface area contributed by atoms with E-state index in [-0.39, 0.29) is 11.3 Å². The number of carbonyl (C=O) groups excluding carboxylic acids is 2. The summed E-state index contributed by atoms with van der Waals surface area (Å²) in [5.74, 6) is -1.01. The Balaban J connectivity index is 2.13. The van der Waals surface area contributed by atoms with Crippen LogP contribution in [-0.4, -0.2) is 23.4 Å². The summed E-state index contributed by atoms with van der Waals surface area (Å²) in [6, 6.07) is 14.5. The molecule has 2 aromatic rings. The first-order valence-corrected chi connectivity index (χ1v) is 10.4. The molecule has 4 nitrogen and oxygen atoms in total. The van der Waals surface area contributed by atoms with Crippen molar-refractivity contribution in [3.63, 3.8) is 0 Å². The molecule has 2 amide bonds. The zero-order valence-corrected chi connectivity index (χ0v) is 18.6. The molecule has 1 atom stereocenters. The second-order valence-electron chi connectivity index (χ2n) is 9.67. The van der Waals surface area contributed by atoms with Crippen LogP contribution in [0.5, 0.6) is 0 Å². The molecule has 0 bridgehead atoms. The average Bonchev–Trinajstić information content (AvgIpc) is 2.63. The largest absolute Gasteiger partial charge is 0.349 e. The summed E-state index contributed by atoms with van der Waals surface area (Å²) >= 11 is 0. The zero-order valence-electron chi connectivity index (χ0n) is 18.6. The molecule has 0 heterocycles. The van der Waals surface area contributed by atoms with Gasteiger partial charge in [-0.05, 0) is 68.4 Å². The van der Waals surface area contributed by atoms with Gasteiger partial charge in [0.1, 0.15) is 11.9 Å². The van der Waals surface area contributed by atoms with E-state index in [1.807, 2.05) is 44.2 Å². The van der Waals surface area contributed by atoms with Gasteiger partial charge < -0.3 is 10.6 Å². The van der Waals surface area contributed by atoms with Crippen LogP contribution in [0.15, 0.2) is 54.6 Å². The van der Waals surface area contributed by atoms with Crippen LogP contribution < -0.4 is 10.6 Å². The Morgan fingerprint density at radius 3 is 2.10 bits per heavy atom. The molecule has 2 N–H and O–H groups in total. The summed E-state index contributed by atoms with van der Waals surface area (Å²) in [4.78, 5) is 25.8. The summed E-state index contributed by atoms with van der Waals surface area (Å²) in [5.41, 5.74) is 1.05. The van der Waals surface area contributed by atoms with Gasteiger partial charge in [0.2, 0.25) is 5.91 Å². The molecule has 2 rings (SSSR count). The lowest BCUT2D eigenvalue weighted by molar-refractivity contribution is -0.125. The van der Waals surface area contributed by atoms with Crippen LogP contribution in [0, 0.1) is 11.2 Å². The van der Waals surface area contributed by atoms with E-state index in [1.54, 1.807) is 0 Å². The van der Waals surface area contributed by atoms with Crippen molar-refractivity contribution in [2.75, 3.05) is 0 Å². The number of carbonyl (C=O) groups is 2. The lowest BCUT2D eigenvalue weighted by Gasteiger charge is -2.34. The molecule has 162 valence electrons. The number of halogens is 1. The third kappa shape index (κ3) is 7.97. The highest BCUT2D eigenvalue weighted by molar-refractivity contribution is 5.97. The Hall–Kier alpha value is -2.69. The van der Waals surface area contributed by atoms with Gasteiger partial charge in [-0.25, -0.2) is 4.39 Å². The molecule has 2 aromatic carbocycles. The van der Waals surface area contributed by atoms with Crippen molar-refractivity contribution in [3.8, 4) is 0 Å². The SMILES string of the molecule is CC(C)(C)CC(C)(C)NC(=O)C(CCc1ccccc1)NC(=O)c1ccc(F)cc1. The zero-order chi connectivity index (χ0) is 22.4. The highest BCUT2D eigenvalue weighted by Crippen LogP contribution is 2.27. The number of hydrogen-bond acceptors (Lipinski definition) is 2. The molecule has 0 spiro atoms. The molecule has 0 aliphatic rings. The van der Waals surface area contributed by atoms with Crippen LogP contribution in [0.3, 0.4) is 0 Å². The van der Waals surface area contributed by atoms with Crippen LogP contribution in [0.2, 0.25) is 0 Å². The van der Waals surface area contributed by atoms with Gasteiger partial charge in [0.05, 0.1) is 0 Å². The molecule has 0 saturated heterocycles. The van der Waals surface area contributed by atoms with Gasteiger partial charge in [-0.15, -0.1) is 0 Å².